The predicted molar refractivity (Wildman–Crippen MR) is 55.2 cm³/mol. The van der Waals surface area contributed by atoms with E-state index in [0.717, 1.165) is 19.4 Å². The van der Waals surface area contributed by atoms with Crippen LogP contribution in [0.2, 0.25) is 0 Å². The second-order valence-electron chi connectivity index (χ2n) is 4.83. The van der Waals surface area contributed by atoms with E-state index in [-0.39, 0.29) is 18.2 Å². The van der Waals surface area contributed by atoms with Crippen molar-refractivity contribution in [3.05, 3.63) is 0 Å². The molecule has 2 atom stereocenters. The summed E-state index contributed by atoms with van der Waals surface area (Å²) in [4.78, 5) is 0. The summed E-state index contributed by atoms with van der Waals surface area (Å²) in [5.74, 6) is 0. The molecule has 0 aromatic rings. The number of rotatable bonds is 3. The first kappa shape index (κ1) is 10.4. The van der Waals surface area contributed by atoms with Crippen molar-refractivity contribution < 1.29 is 9.84 Å². The van der Waals surface area contributed by atoms with Crippen LogP contribution in [-0.4, -0.2) is 36.0 Å². The molecule has 0 radical (unpaired) electrons. The Labute approximate surface area is 85.8 Å². The van der Waals surface area contributed by atoms with Crippen molar-refractivity contribution in [3.8, 4) is 0 Å². The maximum absolute atomic E-state index is 8.97. The van der Waals surface area contributed by atoms with Crippen molar-refractivity contribution in [2.45, 2.75) is 56.7 Å². The summed E-state index contributed by atoms with van der Waals surface area (Å²) >= 11 is 0. The Morgan fingerprint density at radius 2 is 2.36 bits per heavy atom. The number of aliphatic hydroxyl groups excluding tert-OH is 1. The predicted octanol–water partition coefficient (Wildman–Crippen LogP) is 1.06. The molecule has 0 aromatic carbocycles. The van der Waals surface area contributed by atoms with Crippen molar-refractivity contribution in [1.29, 1.82) is 0 Å². The number of hydrogen-bond donors (Lipinski definition) is 2. The molecule has 1 heterocycles. The van der Waals surface area contributed by atoms with E-state index < -0.39 is 0 Å². The van der Waals surface area contributed by atoms with Crippen molar-refractivity contribution in [2.75, 3.05) is 13.2 Å². The van der Waals surface area contributed by atoms with E-state index in [1.807, 2.05) is 6.92 Å². The van der Waals surface area contributed by atoms with Crippen LogP contribution < -0.4 is 5.32 Å². The molecule has 2 aliphatic rings. The van der Waals surface area contributed by atoms with Crippen LogP contribution in [0, 0.1) is 0 Å². The topological polar surface area (TPSA) is 41.5 Å². The SMILES string of the molecule is CC(CO)NC1CCOC2(CCC2)C1. The van der Waals surface area contributed by atoms with Gasteiger partial charge >= 0.3 is 0 Å². The molecule has 82 valence electrons. The molecule has 2 N–H and O–H groups in total. The van der Waals surface area contributed by atoms with Gasteiger partial charge in [0.1, 0.15) is 0 Å². The molecule has 0 aromatic heterocycles. The van der Waals surface area contributed by atoms with Crippen molar-refractivity contribution >= 4 is 0 Å². The monoisotopic (exact) mass is 199 g/mol. The Hall–Kier alpha value is -0.120. The fourth-order valence-corrected chi connectivity index (χ4v) is 2.54. The molecule has 3 nitrogen and oxygen atoms in total. The molecule has 1 aliphatic heterocycles. The Morgan fingerprint density at radius 3 is 2.93 bits per heavy atom. The first-order valence-electron chi connectivity index (χ1n) is 5.75. The van der Waals surface area contributed by atoms with Gasteiger partial charge in [0, 0.05) is 18.7 Å². The zero-order chi connectivity index (χ0) is 10.0. The van der Waals surface area contributed by atoms with Crippen LogP contribution in [-0.2, 0) is 4.74 Å². The minimum atomic E-state index is 0.213. The highest BCUT2D eigenvalue weighted by atomic mass is 16.5. The quantitative estimate of drug-likeness (QED) is 0.714. The van der Waals surface area contributed by atoms with Crippen LogP contribution in [0.3, 0.4) is 0 Å². The molecule has 1 spiro atoms. The Morgan fingerprint density at radius 1 is 1.57 bits per heavy atom. The fraction of sp³-hybridized carbons (Fsp3) is 1.00. The number of ether oxygens (including phenoxy) is 1. The molecule has 2 fully saturated rings. The van der Waals surface area contributed by atoms with Crippen LogP contribution in [0.25, 0.3) is 0 Å². The van der Waals surface area contributed by atoms with Gasteiger partial charge in [0.15, 0.2) is 0 Å². The average molecular weight is 199 g/mol. The van der Waals surface area contributed by atoms with Crippen LogP contribution in [0.5, 0.6) is 0 Å². The fourth-order valence-electron chi connectivity index (χ4n) is 2.54. The van der Waals surface area contributed by atoms with Gasteiger partial charge in [-0.3, -0.25) is 0 Å². The molecule has 14 heavy (non-hydrogen) atoms. The lowest BCUT2D eigenvalue weighted by Gasteiger charge is -2.47. The van der Waals surface area contributed by atoms with E-state index in [4.69, 9.17) is 9.84 Å². The lowest BCUT2D eigenvalue weighted by Crippen LogP contribution is -2.52. The number of aliphatic hydroxyl groups is 1. The van der Waals surface area contributed by atoms with Gasteiger partial charge in [-0.25, -0.2) is 0 Å². The molecular weight excluding hydrogens is 178 g/mol. The molecular formula is C11H21NO2. The van der Waals surface area contributed by atoms with Gasteiger partial charge in [0.05, 0.1) is 12.2 Å². The molecule has 1 saturated heterocycles. The van der Waals surface area contributed by atoms with Gasteiger partial charge in [0.2, 0.25) is 0 Å². The smallest absolute Gasteiger partial charge is 0.0697 e. The second-order valence-corrected chi connectivity index (χ2v) is 4.83. The van der Waals surface area contributed by atoms with Crippen molar-refractivity contribution in [3.63, 3.8) is 0 Å². The maximum atomic E-state index is 8.97. The maximum Gasteiger partial charge on any atom is 0.0697 e. The van der Waals surface area contributed by atoms with Crippen molar-refractivity contribution in [1.82, 2.24) is 5.32 Å². The van der Waals surface area contributed by atoms with Gasteiger partial charge in [-0.15, -0.1) is 0 Å². The van der Waals surface area contributed by atoms with Crippen LogP contribution in [0.4, 0.5) is 0 Å². The normalized spacial score (nSPS) is 32.6. The van der Waals surface area contributed by atoms with E-state index in [0.29, 0.717) is 6.04 Å². The van der Waals surface area contributed by atoms with Gasteiger partial charge in [-0.2, -0.15) is 0 Å². The van der Waals surface area contributed by atoms with Gasteiger partial charge in [-0.1, -0.05) is 0 Å². The summed E-state index contributed by atoms with van der Waals surface area (Å²) in [6, 6.07) is 0.765. The highest BCUT2D eigenvalue weighted by Gasteiger charge is 2.42. The van der Waals surface area contributed by atoms with Gasteiger partial charge in [0.25, 0.3) is 0 Å². The lowest BCUT2D eigenvalue weighted by atomic mass is 9.74. The van der Waals surface area contributed by atoms with E-state index in [9.17, 15) is 0 Å². The van der Waals surface area contributed by atoms with E-state index in [1.54, 1.807) is 0 Å². The number of hydrogen-bond acceptors (Lipinski definition) is 3. The highest BCUT2D eigenvalue weighted by Crippen LogP contribution is 2.42. The minimum Gasteiger partial charge on any atom is -0.395 e. The summed E-state index contributed by atoms with van der Waals surface area (Å²) in [6.45, 7) is 3.14. The lowest BCUT2D eigenvalue weighted by molar-refractivity contribution is -0.136. The largest absolute Gasteiger partial charge is 0.395 e. The zero-order valence-corrected chi connectivity index (χ0v) is 8.96. The van der Waals surface area contributed by atoms with Crippen molar-refractivity contribution in [2.24, 2.45) is 0 Å². The summed E-state index contributed by atoms with van der Waals surface area (Å²) < 4.78 is 5.84. The van der Waals surface area contributed by atoms with Crippen LogP contribution >= 0.6 is 0 Å². The van der Waals surface area contributed by atoms with E-state index in [2.05, 4.69) is 5.32 Å². The highest BCUT2D eigenvalue weighted by molar-refractivity contribution is 4.96. The Kier molecular flexibility index (Phi) is 3.10. The number of nitrogens with one attached hydrogen (secondary N) is 1. The summed E-state index contributed by atoms with van der Waals surface area (Å²) in [6.07, 6.45) is 6.02. The first-order valence-corrected chi connectivity index (χ1v) is 5.75. The first-order chi connectivity index (χ1) is 6.74. The van der Waals surface area contributed by atoms with Gasteiger partial charge < -0.3 is 15.2 Å². The molecule has 2 rings (SSSR count). The molecule has 3 heteroatoms. The Bertz CT molecular complexity index is 192. The summed E-state index contributed by atoms with van der Waals surface area (Å²) in [5.41, 5.74) is 0.213. The van der Waals surface area contributed by atoms with Crippen LogP contribution in [0.15, 0.2) is 0 Å². The van der Waals surface area contributed by atoms with Crippen LogP contribution in [0.1, 0.15) is 39.0 Å². The third-order valence-corrected chi connectivity index (χ3v) is 3.55. The molecule has 1 aliphatic carbocycles. The van der Waals surface area contributed by atoms with E-state index >= 15 is 0 Å². The molecule has 2 unspecified atom stereocenters. The minimum absolute atomic E-state index is 0.213. The molecule has 0 bridgehead atoms. The van der Waals surface area contributed by atoms with Gasteiger partial charge in [-0.05, 0) is 39.0 Å². The average Bonchev–Trinajstić information content (AvgIpc) is 2.16. The molecule has 0 amide bonds. The summed E-state index contributed by atoms with van der Waals surface area (Å²) in [7, 11) is 0. The van der Waals surface area contributed by atoms with E-state index in [1.165, 1.54) is 19.3 Å². The standard InChI is InChI=1S/C11H21NO2/c1-9(8-13)12-10-3-6-14-11(7-10)4-2-5-11/h9-10,12-13H,2-8H2,1H3. The zero-order valence-electron chi connectivity index (χ0n) is 8.96. The summed E-state index contributed by atoms with van der Waals surface area (Å²) in [5, 5.41) is 12.4. The second kappa shape index (κ2) is 4.17. The third kappa shape index (κ3) is 2.10. The molecule has 1 saturated carbocycles. The third-order valence-electron chi connectivity index (χ3n) is 3.55. The Balaban J connectivity index is 1.82.